The van der Waals surface area contributed by atoms with E-state index in [1.54, 1.807) is 17.2 Å². The van der Waals surface area contributed by atoms with Crippen molar-refractivity contribution in [2.75, 3.05) is 19.7 Å². The number of aliphatic hydroxyl groups excluding tert-OH is 1. The number of likely N-dealkylation sites (tertiary alicyclic amines) is 1. The Labute approximate surface area is 207 Å². The van der Waals surface area contributed by atoms with Gasteiger partial charge in [0.05, 0.1) is 30.7 Å². The van der Waals surface area contributed by atoms with Gasteiger partial charge in [-0.25, -0.2) is 8.91 Å². The van der Waals surface area contributed by atoms with E-state index in [0.29, 0.717) is 41.1 Å². The highest BCUT2D eigenvalue weighted by molar-refractivity contribution is 6.22. The molecular formula is C25H25FN8O2. The van der Waals surface area contributed by atoms with Crippen LogP contribution in [0.15, 0.2) is 48.0 Å². The van der Waals surface area contributed by atoms with Crippen LogP contribution in [0.5, 0.6) is 5.75 Å². The quantitative estimate of drug-likeness (QED) is 0.381. The number of nitrogens with zero attached hydrogens (tertiary/aromatic N) is 7. The average Bonchev–Trinajstić information content (AvgIpc) is 3.32. The monoisotopic (exact) mass is 488 g/mol. The van der Waals surface area contributed by atoms with E-state index in [0.717, 1.165) is 19.0 Å². The molecule has 4 heterocycles. The summed E-state index contributed by atoms with van der Waals surface area (Å²) >= 11 is 0. The molecule has 3 N–H and O–H groups in total. The van der Waals surface area contributed by atoms with E-state index in [1.807, 2.05) is 6.92 Å². The maximum Gasteiger partial charge on any atom is 0.179 e. The van der Waals surface area contributed by atoms with Gasteiger partial charge >= 0.3 is 0 Å². The number of aromatic nitrogens is 3. The Morgan fingerprint density at radius 3 is 2.75 bits per heavy atom. The molecule has 1 atom stereocenters. The van der Waals surface area contributed by atoms with E-state index in [2.05, 4.69) is 22.3 Å². The third kappa shape index (κ3) is 5.11. The van der Waals surface area contributed by atoms with Gasteiger partial charge in [0.25, 0.3) is 0 Å². The van der Waals surface area contributed by atoms with E-state index in [-0.39, 0.29) is 17.4 Å². The molecule has 0 aliphatic carbocycles. The molecule has 36 heavy (non-hydrogen) atoms. The predicted octanol–water partition coefficient (Wildman–Crippen LogP) is 2.56. The number of hydrogen-bond acceptors (Lipinski definition) is 9. The molecule has 0 saturated carbocycles. The van der Waals surface area contributed by atoms with Crippen LogP contribution in [0.4, 0.5) is 4.39 Å². The molecule has 3 aromatic rings. The Morgan fingerprint density at radius 1 is 1.36 bits per heavy atom. The molecule has 1 unspecified atom stereocenters. The van der Waals surface area contributed by atoms with Crippen LogP contribution in [0.3, 0.4) is 0 Å². The SMILES string of the molecule is CC(=NC1CCN(C#N)CC1)/C(=C\N)c1cc(OC(CO)c2ccc(F)cn2)c2c(C#N)cnn2c1. The largest absolute Gasteiger partial charge is 0.479 e. The summed E-state index contributed by atoms with van der Waals surface area (Å²) in [5.74, 6) is -0.227. The van der Waals surface area contributed by atoms with Gasteiger partial charge in [-0.2, -0.15) is 15.6 Å². The molecule has 1 aliphatic heterocycles. The first-order valence-corrected chi connectivity index (χ1v) is 11.4. The number of allylic oxidation sites excluding steroid dienone is 1. The number of halogens is 1. The molecule has 0 radical (unpaired) electrons. The van der Waals surface area contributed by atoms with Crippen molar-refractivity contribution in [2.24, 2.45) is 10.7 Å². The van der Waals surface area contributed by atoms with Crippen molar-refractivity contribution in [3.8, 4) is 18.0 Å². The number of rotatable bonds is 7. The Morgan fingerprint density at radius 2 is 2.14 bits per heavy atom. The number of aliphatic imine (C=N–C) groups is 1. The first-order chi connectivity index (χ1) is 17.5. The molecule has 0 bridgehead atoms. The molecule has 10 nitrogen and oxygen atoms in total. The third-order valence-corrected chi connectivity index (χ3v) is 6.06. The fourth-order valence-electron chi connectivity index (χ4n) is 4.19. The number of aliphatic hydroxyl groups is 1. The lowest BCUT2D eigenvalue weighted by Crippen LogP contribution is -2.32. The van der Waals surface area contributed by atoms with E-state index in [9.17, 15) is 14.8 Å². The number of piperidine rings is 1. The molecule has 3 aromatic heterocycles. The van der Waals surface area contributed by atoms with Crippen LogP contribution in [0.1, 0.15) is 42.7 Å². The number of pyridine rings is 2. The van der Waals surface area contributed by atoms with Crippen molar-refractivity contribution in [2.45, 2.75) is 31.9 Å². The number of nitrogens with two attached hydrogens (primary N) is 1. The molecule has 4 rings (SSSR count). The topological polar surface area (TPSA) is 149 Å². The summed E-state index contributed by atoms with van der Waals surface area (Å²) in [5, 5.41) is 32.9. The normalized spacial score (nSPS) is 16.0. The zero-order valence-electron chi connectivity index (χ0n) is 19.7. The summed E-state index contributed by atoms with van der Waals surface area (Å²) in [6, 6.07) is 6.54. The van der Waals surface area contributed by atoms with Gasteiger partial charge in [-0.3, -0.25) is 9.98 Å². The highest BCUT2D eigenvalue weighted by Gasteiger charge is 2.22. The molecule has 1 saturated heterocycles. The van der Waals surface area contributed by atoms with Crippen molar-refractivity contribution in [1.29, 1.82) is 10.5 Å². The van der Waals surface area contributed by atoms with E-state index in [4.69, 9.17) is 20.7 Å². The summed E-state index contributed by atoms with van der Waals surface area (Å²) in [7, 11) is 0. The van der Waals surface area contributed by atoms with E-state index in [1.165, 1.54) is 29.0 Å². The minimum Gasteiger partial charge on any atom is -0.479 e. The van der Waals surface area contributed by atoms with E-state index < -0.39 is 18.5 Å². The zero-order valence-corrected chi connectivity index (χ0v) is 19.7. The second-order valence-electron chi connectivity index (χ2n) is 8.36. The van der Waals surface area contributed by atoms with Gasteiger partial charge in [0.2, 0.25) is 0 Å². The van der Waals surface area contributed by atoms with Gasteiger partial charge in [-0.15, -0.1) is 0 Å². The lowest BCUT2D eigenvalue weighted by molar-refractivity contribution is 0.114. The summed E-state index contributed by atoms with van der Waals surface area (Å²) < 4.78 is 21.0. The van der Waals surface area contributed by atoms with Crippen LogP contribution in [0, 0.1) is 28.6 Å². The van der Waals surface area contributed by atoms with Gasteiger partial charge < -0.3 is 20.5 Å². The van der Waals surface area contributed by atoms with Gasteiger partial charge in [0.1, 0.15) is 28.7 Å². The van der Waals surface area contributed by atoms with Gasteiger partial charge in [-0.05, 0) is 38.0 Å². The minimum absolute atomic E-state index is 0.0715. The summed E-state index contributed by atoms with van der Waals surface area (Å²) in [6.45, 7) is 2.76. The summed E-state index contributed by atoms with van der Waals surface area (Å²) in [4.78, 5) is 10.6. The lowest BCUT2D eigenvalue weighted by atomic mass is 10.0. The van der Waals surface area contributed by atoms with Crippen LogP contribution < -0.4 is 10.5 Å². The minimum atomic E-state index is -0.906. The maximum absolute atomic E-state index is 13.3. The van der Waals surface area contributed by atoms with Crippen molar-refractivity contribution < 1.29 is 14.2 Å². The Kier molecular flexibility index (Phi) is 7.42. The Hall–Kier alpha value is -4.48. The fourth-order valence-corrected chi connectivity index (χ4v) is 4.19. The van der Waals surface area contributed by atoms with Crippen LogP contribution in [-0.2, 0) is 0 Å². The predicted molar refractivity (Wildman–Crippen MR) is 130 cm³/mol. The zero-order chi connectivity index (χ0) is 25.7. The molecule has 0 spiro atoms. The standard InChI is InChI=1S/C25H25FN8O2/c1-16(32-20-4-6-33(15-29)7-5-20)21(10-28)17-8-23(25-18(9-27)11-31-34(25)13-17)36-24(14-35)22-3-2-19(26)12-30-22/h2-3,8,10-13,20,24,35H,4-7,14,28H2,1H3/b21-10+,32-16?. The van der Waals surface area contributed by atoms with Gasteiger partial charge in [-0.1, -0.05) is 0 Å². The molecule has 0 amide bonds. The van der Waals surface area contributed by atoms with Crippen molar-refractivity contribution in [3.63, 3.8) is 0 Å². The highest BCUT2D eigenvalue weighted by Crippen LogP contribution is 2.32. The molecule has 1 fully saturated rings. The number of hydrogen-bond donors (Lipinski definition) is 2. The molecule has 11 heteroatoms. The first kappa shape index (κ1) is 24.6. The second-order valence-corrected chi connectivity index (χ2v) is 8.36. The smallest absolute Gasteiger partial charge is 0.179 e. The van der Waals surface area contributed by atoms with Gasteiger partial charge in [0, 0.05) is 42.3 Å². The Bertz CT molecular complexity index is 1380. The molecule has 1 aliphatic rings. The second kappa shape index (κ2) is 10.8. The third-order valence-electron chi connectivity index (χ3n) is 6.06. The highest BCUT2D eigenvalue weighted by atomic mass is 19.1. The average molecular weight is 489 g/mol. The van der Waals surface area contributed by atoms with Crippen molar-refractivity contribution in [1.82, 2.24) is 19.5 Å². The van der Waals surface area contributed by atoms with Crippen LogP contribution in [-0.4, -0.2) is 56.1 Å². The maximum atomic E-state index is 13.3. The van der Waals surface area contributed by atoms with Crippen molar-refractivity contribution in [3.05, 3.63) is 65.6 Å². The lowest BCUT2D eigenvalue weighted by Gasteiger charge is -2.26. The Balaban J connectivity index is 1.71. The van der Waals surface area contributed by atoms with Crippen LogP contribution in [0.2, 0.25) is 0 Å². The summed E-state index contributed by atoms with van der Waals surface area (Å²) in [5.41, 5.74) is 9.05. The molecule has 0 aromatic carbocycles. The number of nitriles is 2. The fraction of sp³-hybridized carbons (Fsp3) is 0.320. The molecule has 184 valence electrons. The first-order valence-electron chi connectivity index (χ1n) is 11.4. The molecular weight excluding hydrogens is 463 g/mol. The van der Waals surface area contributed by atoms with Crippen LogP contribution >= 0.6 is 0 Å². The van der Waals surface area contributed by atoms with Gasteiger partial charge in [0.15, 0.2) is 12.3 Å². The van der Waals surface area contributed by atoms with Crippen molar-refractivity contribution >= 4 is 16.8 Å². The van der Waals surface area contributed by atoms with Crippen LogP contribution in [0.25, 0.3) is 11.1 Å². The number of fused-ring (bicyclic) bond motifs is 1. The number of ether oxygens (including phenoxy) is 1. The summed E-state index contributed by atoms with van der Waals surface area (Å²) in [6.07, 6.45) is 8.44. The van der Waals surface area contributed by atoms with E-state index >= 15 is 0 Å².